The monoisotopic (exact) mass is 215 g/mol. The van der Waals surface area contributed by atoms with E-state index in [4.69, 9.17) is 5.73 Å². The number of allylic oxidation sites excluding steroid dienone is 1. The first-order valence-electron chi connectivity index (χ1n) is 5.64. The molecule has 0 bridgehead atoms. The Kier molecular flexibility index (Phi) is 2.92. The molecule has 2 heteroatoms. The summed E-state index contributed by atoms with van der Waals surface area (Å²) < 4.78 is 0. The van der Waals surface area contributed by atoms with Crippen molar-refractivity contribution in [2.45, 2.75) is 26.3 Å². The van der Waals surface area contributed by atoms with E-state index in [0.29, 0.717) is 0 Å². The lowest BCUT2D eigenvalue weighted by Crippen LogP contribution is -2.19. The average molecular weight is 215 g/mol. The number of hydrogen-bond acceptors (Lipinski definition) is 2. The van der Waals surface area contributed by atoms with E-state index in [2.05, 4.69) is 0 Å². The molecule has 2 unspecified atom stereocenters. The zero-order valence-electron chi connectivity index (χ0n) is 9.73. The van der Waals surface area contributed by atoms with E-state index >= 15 is 0 Å². The van der Waals surface area contributed by atoms with Crippen LogP contribution in [0.2, 0.25) is 0 Å². The van der Waals surface area contributed by atoms with Crippen molar-refractivity contribution in [2.24, 2.45) is 11.7 Å². The van der Waals surface area contributed by atoms with Gasteiger partial charge in [-0.1, -0.05) is 30.4 Å². The van der Waals surface area contributed by atoms with Crippen LogP contribution >= 0.6 is 0 Å². The van der Waals surface area contributed by atoms with Gasteiger partial charge in [-0.05, 0) is 31.4 Å². The molecule has 2 rings (SSSR count). The molecule has 2 nitrogen and oxygen atoms in total. The Morgan fingerprint density at radius 2 is 2.06 bits per heavy atom. The van der Waals surface area contributed by atoms with Crippen LogP contribution < -0.4 is 5.73 Å². The summed E-state index contributed by atoms with van der Waals surface area (Å²) in [4.78, 5) is 12.3. The molecule has 84 valence electrons. The molecule has 0 fully saturated rings. The lowest BCUT2D eigenvalue weighted by Gasteiger charge is -2.12. The molecule has 2 N–H and O–H groups in total. The third kappa shape index (κ3) is 1.93. The summed E-state index contributed by atoms with van der Waals surface area (Å²) in [6, 6.07) is 5.91. The van der Waals surface area contributed by atoms with Crippen LogP contribution in [0.4, 0.5) is 0 Å². The van der Waals surface area contributed by atoms with Gasteiger partial charge >= 0.3 is 0 Å². The zero-order chi connectivity index (χ0) is 11.7. The van der Waals surface area contributed by atoms with E-state index in [1.165, 1.54) is 0 Å². The number of aryl methyl sites for hydroxylation is 1. The summed E-state index contributed by atoms with van der Waals surface area (Å²) in [5.41, 5.74) is 8.86. The van der Waals surface area contributed by atoms with E-state index in [1.807, 2.05) is 44.2 Å². The molecule has 0 heterocycles. The molecule has 1 aromatic rings. The molecule has 0 aliphatic heterocycles. The molecule has 0 saturated carbocycles. The van der Waals surface area contributed by atoms with Gasteiger partial charge in [0, 0.05) is 17.5 Å². The van der Waals surface area contributed by atoms with Gasteiger partial charge in [-0.2, -0.15) is 0 Å². The lowest BCUT2D eigenvalue weighted by atomic mass is 9.92. The third-order valence-corrected chi connectivity index (χ3v) is 3.32. The molecule has 0 aromatic heterocycles. The standard InChI is InChI=1S/C14H17NO/c1-9-4-3-5-13(10(9)2)14(16)11-6-7-12(15)8-11/h3-7,11-12H,8,15H2,1-2H3. The molecule has 0 spiro atoms. The van der Waals surface area contributed by atoms with Crippen molar-refractivity contribution < 1.29 is 4.79 Å². The van der Waals surface area contributed by atoms with Crippen LogP contribution in [0.3, 0.4) is 0 Å². The fraction of sp³-hybridized carbons (Fsp3) is 0.357. The van der Waals surface area contributed by atoms with Crippen LogP contribution in [0.5, 0.6) is 0 Å². The van der Waals surface area contributed by atoms with E-state index in [0.717, 1.165) is 23.1 Å². The van der Waals surface area contributed by atoms with E-state index < -0.39 is 0 Å². The van der Waals surface area contributed by atoms with Crippen LogP contribution in [0, 0.1) is 19.8 Å². The molecule has 1 aromatic carbocycles. The Labute approximate surface area is 96.2 Å². The topological polar surface area (TPSA) is 43.1 Å². The second kappa shape index (κ2) is 4.22. The summed E-state index contributed by atoms with van der Waals surface area (Å²) in [5.74, 6) is 0.167. The maximum absolute atomic E-state index is 12.3. The molecule has 0 saturated heterocycles. The van der Waals surface area contributed by atoms with Crippen LogP contribution in [0.15, 0.2) is 30.4 Å². The Morgan fingerprint density at radius 3 is 2.69 bits per heavy atom. The number of rotatable bonds is 2. The van der Waals surface area contributed by atoms with Crippen molar-refractivity contribution in [1.82, 2.24) is 0 Å². The highest BCUT2D eigenvalue weighted by atomic mass is 16.1. The molecule has 2 atom stereocenters. The van der Waals surface area contributed by atoms with E-state index in [1.54, 1.807) is 0 Å². The predicted octanol–water partition coefficient (Wildman–Crippen LogP) is 2.39. The Hall–Kier alpha value is -1.41. The van der Waals surface area contributed by atoms with Gasteiger partial charge in [0.25, 0.3) is 0 Å². The molecular formula is C14H17NO. The molecular weight excluding hydrogens is 198 g/mol. The second-order valence-corrected chi connectivity index (χ2v) is 4.50. The van der Waals surface area contributed by atoms with Gasteiger partial charge in [0.1, 0.15) is 0 Å². The number of nitrogens with two attached hydrogens (primary N) is 1. The third-order valence-electron chi connectivity index (χ3n) is 3.32. The number of ketones is 1. The normalized spacial score (nSPS) is 23.7. The molecule has 16 heavy (non-hydrogen) atoms. The molecule has 1 aliphatic carbocycles. The fourth-order valence-electron chi connectivity index (χ4n) is 2.14. The number of Topliss-reactive ketones (excluding diaryl/α,β-unsaturated/α-hetero) is 1. The fourth-order valence-corrected chi connectivity index (χ4v) is 2.14. The zero-order valence-corrected chi connectivity index (χ0v) is 9.73. The smallest absolute Gasteiger partial charge is 0.170 e. The predicted molar refractivity (Wildman–Crippen MR) is 65.5 cm³/mol. The van der Waals surface area contributed by atoms with Gasteiger partial charge in [-0.3, -0.25) is 4.79 Å². The Balaban J connectivity index is 2.28. The first-order chi connectivity index (χ1) is 7.59. The van der Waals surface area contributed by atoms with Crippen molar-refractivity contribution in [1.29, 1.82) is 0 Å². The van der Waals surface area contributed by atoms with Gasteiger partial charge in [0.2, 0.25) is 0 Å². The summed E-state index contributed by atoms with van der Waals surface area (Å²) in [6.07, 6.45) is 4.61. The minimum Gasteiger partial charge on any atom is -0.324 e. The first-order valence-corrected chi connectivity index (χ1v) is 5.64. The van der Waals surface area contributed by atoms with Gasteiger partial charge in [-0.25, -0.2) is 0 Å². The molecule has 1 aliphatic rings. The number of carbonyl (C=O) groups excluding carboxylic acids is 1. The van der Waals surface area contributed by atoms with Crippen molar-refractivity contribution >= 4 is 5.78 Å². The van der Waals surface area contributed by atoms with Gasteiger partial charge in [0.05, 0.1) is 0 Å². The van der Waals surface area contributed by atoms with Crippen molar-refractivity contribution in [3.8, 4) is 0 Å². The number of hydrogen-bond donors (Lipinski definition) is 1. The quantitative estimate of drug-likeness (QED) is 0.608. The van der Waals surface area contributed by atoms with Crippen molar-refractivity contribution in [3.05, 3.63) is 47.0 Å². The number of benzene rings is 1. The van der Waals surface area contributed by atoms with Gasteiger partial charge in [-0.15, -0.1) is 0 Å². The van der Waals surface area contributed by atoms with Crippen LogP contribution in [0.25, 0.3) is 0 Å². The lowest BCUT2D eigenvalue weighted by molar-refractivity contribution is 0.0942. The Morgan fingerprint density at radius 1 is 1.31 bits per heavy atom. The Bertz CT molecular complexity index is 448. The number of carbonyl (C=O) groups is 1. The van der Waals surface area contributed by atoms with Crippen LogP contribution in [0.1, 0.15) is 27.9 Å². The highest BCUT2D eigenvalue weighted by Gasteiger charge is 2.24. The summed E-state index contributed by atoms with van der Waals surface area (Å²) in [7, 11) is 0. The minimum atomic E-state index is -0.0319. The maximum atomic E-state index is 12.3. The molecule has 0 amide bonds. The van der Waals surface area contributed by atoms with Gasteiger partial charge in [0.15, 0.2) is 5.78 Å². The minimum absolute atomic E-state index is 0.0319. The SMILES string of the molecule is Cc1cccc(C(=O)C2C=CC(N)C2)c1C. The summed E-state index contributed by atoms with van der Waals surface area (Å²) in [6.45, 7) is 4.03. The average Bonchev–Trinajstić information content (AvgIpc) is 2.68. The summed E-state index contributed by atoms with van der Waals surface area (Å²) in [5, 5.41) is 0. The second-order valence-electron chi connectivity index (χ2n) is 4.50. The molecule has 0 radical (unpaired) electrons. The maximum Gasteiger partial charge on any atom is 0.170 e. The largest absolute Gasteiger partial charge is 0.324 e. The highest BCUT2D eigenvalue weighted by molar-refractivity contribution is 6.00. The van der Waals surface area contributed by atoms with Crippen LogP contribution in [-0.4, -0.2) is 11.8 Å². The summed E-state index contributed by atoms with van der Waals surface area (Å²) >= 11 is 0. The van der Waals surface area contributed by atoms with Crippen molar-refractivity contribution in [3.63, 3.8) is 0 Å². The van der Waals surface area contributed by atoms with E-state index in [-0.39, 0.29) is 17.7 Å². The first kappa shape index (κ1) is 11.1. The highest BCUT2D eigenvalue weighted by Crippen LogP contribution is 2.24. The van der Waals surface area contributed by atoms with Crippen LogP contribution in [-0.2, 0) is 0 Å². The van der Waals surface area contributed by atoms with Crippen molar-refractivity contribution in [2.75, 3.05) is 0 Å². The van der Waals surface area contributed by atoms with Gasteiger partial charge < -0.3 is 5.73 Å². The van der Waals surface area contributed by atoms with E-state index in [9.17, 15) is 4.79 Å².